The number of hydrogen-bond donors (Lipinski definition) is 2. The molecule has 0 saturated heterocycles. The summed E-state index contributed by atoms with van der Waals surface area (Å²) >= 11 is 0. The van der Waals surface area contributed by atoms with Gasteiger partial charge in [0.25, 0.3) is 11.8 Å². The first-order chi connectivity index (χ1) is 16.6. The fourth-order valence-corrected chi connectivity index (χ4v) is 3.02. The predicted octanol–water partition coefficient (Wildman–Crippen LogP) is 1.75. The van der Waals surface area contributed by atoms with Crippen LogP contribution in [0, 0.1) is 0 Å². The monoisotopic (exact) mass is 470 g/mol. The molecule has 2 aromatic heterocycles. The molecular weight excluding hydrogens is 443 g/mol. The Kier molecular flexibility index (Phi) is 9.47. The minimum absolute atomic E-state index is 0.0168. The number of benzene rings is 1. The quantitative estimate of drug-likeness (QED) is 0.365. The number of ether oxygens (including phenoxy) is 2. The molecule has 0 bridgehead atoms. The van der Waals surface area contributed by atoms with E-state index in [1.54, 1.807) is 24.4 Å². The lowest BCUT2D eigenvalue weighted by atomic mass is 10.1. The van der Waals surface area contributed by atoms with Gasteiger partial charge < -0.3 is 20.1 Å². The maximum absolute atomic E-state index is 12.5. The van der Waals surface area contributed by atoms with Crippen LogP contribution in [0.15, 0.2) is 48.8 Å². The van der Waals surface area contributed by atoms with E-state index >= 15 is 0 Å². The summed E-state index contributed by atoms with van der Waals surface area (Å²) < 4.78 is 24.5. The minimum atomic E-state index is -0.580. The van der Waals surface area contributed by atoms with Crippen molar-refractivity contribution in [3.63, 3.8) is 0 Å². The Morgan fingerprint density at radius 2 is 1.97 bits per heavy atom. The molecule has 0 unspecified atom stereocenters. The van der Waals surface area contributed by atoms with Crippen LogP contribution < -0.4 is 15.4 Å². The fourth-order valence-electron chi connectivity index (χ4n) is 3.02. The SMILES string of the molecule is CCNC(=O)c1ccc(-n2cc(C(=O)NCCc3ccccn3)nn2)c(OCCOCCF)c1. The molecule has 0 spiro atoms. The van der Waals surface area contributed by atoms with Gasteiger partial charge in [0.1, 0.15) is 24.7 Å². The van der Waals surface area contributed by atoms with E-state index in [9.17, 15) is 14.0 Å². The van der Waals surface area contributed by atoms with Gasteiger partial charge in [0.15, 0.2) is 5.69 Å². The zero-order valence-corrected chi connectivity index (χ0v) is 18.9. The van der Waals surface area contributed by atoms with Crippen LogP contribution in [0.2, 0.25) is 0 Å². The van der Waals surface area contributed by atoms with Gasteiger partial charge in [-0.25, -0.2) is 9.07 Å². The van der Waals surface area contributed by atoms with Crippen molar-refractivity contribution in [2.75, 3.05) is 39.6 Å². The molecule has 2 amide bonds. The number of pyridine rings is 1. The van der Waals surface area contributed by atoms with E-state index in [-0.39, 0.29) is 37.3 Å². The van der Waals surface area contributed by atoms with Gasteiger partial charge in [0, 0.05) is 37.0 Å². The van der Waals surface area contributed by atoms with Crippen LogP contribution in [-0.4, -0.2) is 71.4 Å². The normalized spacial score (nSPS) is 10.6. The summed E-state index contributed by atoms with van der Waals surface area (Å²) in [5, 5.41) is 13.5. The van der Waals surface area contributed by atoms with Crippen molar-refractivity contribution in [3.8, 4) is 11.4 Å². The maximum Gasteiger partial charge on any atom is 0.273 e. The van der Waals surface area contributed by atoms with Gasteiger partial charge in [-0.2, -0.15) is 0 Å². The van der Waals surface area contributed by atoms with Crippen molar-refractivity contribution < 1.29 is 23.5 Å². The zero-order chi connectivity index (χ0) is 24.2. The van der Waals surface area contributed by atoms with Crippen molar-refractivity contribution in [1.29, 1.82) is 0 Å². The molecule has 0 fully saturated rings. The van der Waals surface area contributed by atoms with Crippen LogP contribution in [0.3, 0.4) is 0 Å². The Labute approximate surface area is 196 Å². The molecule has 0 aliphatic heterocycles. The van der Waals surface area contributed by atoms with E-state index in [0.717, 1.165) is 5.69 Å². The minimum Gasteiger partial charge on any atom is -0.489 e. The van der Waals surface area contributed by atoms with E-state index in [1.165, 1.54) is 10.9 Å². The predicted molar refractivity (Wildman–Crippen MR) is 122 cm³/mol. The number of carbonyl (C=O) groups excluding carboxylic acids is 2. The molecule has 34 heavy (non-hydrogen) atoms. The Morgan fingerprint density at radius 1 is 1.09 bits per heavy atom. The van der Waals surface area contributed by atoms with Crippen molar-refractivity contribution in [3.05, 3.63) is 65.7 Å². The zero-order valence-electron chi connectivity index (χ0n) is 18.9. The van der Waals surface area contributed by atoms with Gasteiger partial charge in [-0.3, -0.25) is 14.6 Å². The van der Waals surface area contributed by atoms with Crippen LogP contribution in [0.4, 0.5) is 4.39 Å². The van der Waals surface area contributed by atoms with Gasteiger partial charge in [0.2, 0.25) is 0 Å². The molecule has 0 aliphatic rings. The van der Waals surface area contributed by atoms with Crippen LogP contribution >= 0.6 is 0 Å². The molecule has 0 radical (unpaired) electrons. The number of hydrogen-bond acceptors (Lipinski definition) is 7. The molecule has 2 heterocycles. The molecule has 180 valence electrons. The summed E-state index contributed by atoms with van der Waals surface area (Å²) in [6, 6.07) is 10.5. The summed E-state index contributed by atoms with van der Waals surface area (Å²) in [4.78, 5) is 28.9. The number of amides is 2. The largest absolute Gasteiger partial charge is 0.489 e. The number of alkyl halides is 1. The van der Waals surface area contributed by atoms with Crippen molar-refractivity contribution in [2.45, 2.75) is 13.3 Å². The van der Waals surface area contributed by atoms with Crippen molar-refractivity contribution in [1.82, 2.24) is 30.6 Å². The Morgan fingerprint density at radius 3 is 2.74 bits per heavy atom. The third kappa shape index (κ3) is 7.07. The number of halogens is 1. The number of carbonyl (C=O) groups is 2. The summed E-state index contributed by atoms with van der Waals surface area (Å²) in [6.45, 7) is 2.43. The van der Waals surface area contributed by atoms with Crippen molar-refractivity contribution >= 4 is 11.8 Å². The van der Waals surface area contributed by atoms with Gasteiger partial charge in [0.05, 0.1) is 19.4 Å². The van der Waals surface area contributed by atoms with E-state index in [0.29, 0.717) is 36.5 Å². The molecule has 3 aromatic rings. The van der Waals surface area contributed by atoms with Crippen LogP contribution in [0.1, 0.15) is 33.5 Å². The van der Waals surface area contributed by atoms with Gasteiger partial charge in [-0.05, 0) is 37.3 Å². The molecule has 3 rings (SSSR count). The number of rotatable bonds is 13. The average molecular weight is 471 g/mol. The number of nitrogens with zero attached hydrogens (tertiary/aromatic N) is 4. The van der Waals surface area contributed by atoms with Crippen LogP contribution in [0.5, 0.6) is 5.75 Å². The second-order valence-electron chi connectivity index (χ2n) is 7.07. The van der Waals surface area contributed by atoms with E-state index in [1.807, 2.05) is 25.1 Å². The topological polar surface area (TPSA) is 120 Å². The number of nitrogens with one attached hydrogen (secondary N) is 2. The third-order valence-corrected chi connectivity index (χ3v) is 4.63. The molecule has 0 saturated carbocycles. The van der Waals surface area contributed by atoms with Crippen molar-refractivity contribution in [2.24, 2.45) is 0 Å². The Bertz CT molecular complexity index is 1080. The number of aromatic nitrogens is 4. The van der Waals surface area contributed by atoms with E-state index in [2.05, 4.69) is 25.9 Å². The average Bonchev–Trinajstić information content (AvgIpc) is 3.35. The summed E-state index contributed by atoms with van der Waals surface area (Å²) in [5.41, 5.74) is 1.89. The Balaban J connectivity index is 1.70. The third-order valence-electron chi connectivity index (χ3n) is 4.63. The van der Waals surface area contributed by atoms with Crippen LogP contribution in [-0.2, 0) is 11.2 Å². The first-order valence-electron chi connectivity index (χ1n) is 10.9. The lowest BCUT2D eigenvalue weighted by Crippen LogP contribution is -2.26. The molecule has 11 heteroatoms. The summed E-state index contributed by atoms with van der Waals surface area (Å²) in [5.74, 6) is -0.276. The van der Waals surface area contributed by atoms with E-state index < -0.39 is 6.67 Å². The highest BCUT2D eigenvalue weighted by atomic mass is 19.1. The lowest BCUT2D eigenvalue weighted by molar-refractivity contribution is 0.0894. The molecule has 0 aliphatic carbocycles. The highest BCUT2D eigenvalue weighted by Crippen LogP contribution is 2.24. The lowest BCUT2D eigenvalue weighted by Gasteiger charge is -2.13. The van der Waals surface area contributed by atoms with Gasteiger partial charge in [-0.15, -0.1) is 5.10 Å². The second kappa shape index (κ2) is 13.0. The second-order valence-corrected chi connectivity index (χ2v) is 7.07. The molecule has 0 atom stereocenters. The van der Waals surface area contributed by atoms with Gasteiger partial charge >= 0.3 is 0 Å². The molecule has 2 N–H and O–H groups in total. The molecular formula is C23H27FN6O4. The maximum atomic E-state index is 12.5. The fraction of sp³-hybridized carbons (Fsp3) is 0.348. The van der Waals surface area contributed by atoms with Crippen LogP contribution in [0.25, 0.3) is 5.69 Å². The molecule has 10 nitrogen and oxygen atoms in total. The first-order valence-corrected chi connectivity index (χ1v) is 10.9. The smallest absolute Gasteiger partial charge is 0.273 e. The first kappa shape index (κ1) is 24.8. The van der Waals surface area contributed by atoms with Gasteiger partial charge in [-0.1, -0.05) is 11.3 Å². The highest BCUT2D eigenvalue weighted by molar-refractivity contribution is 5.95. The summed E-state index contributed by atoms with van der Waals surface area (Å²) in [6.07, 6.45) is 3.76. The summed E-state index contributed by atoms with van der Waals surface area (Å²) in [7, 11) is 0. The highest BCUT2D eigenvalue weighted by Gasteiger charge is 2.16. The van der Waals surface area contributed by atoms with E-state index in [4.69, 9.17) is 9.47 Å². The molecule has 1 aromatic carbocycles. The Hall–Kier alpha value is -3.86. The standard InChI is InChI=1S/C23H27FN6O4/c1-2-25-22(31)17-6-7-20(21(15-17)34-14-13-33-12-9-24)30-16-19(28-29-30)23(32)27-11-8-18-5-3-4-10-26-18/h3-7,10,15-16H,2,8-9,11-14H2,1H3,(H,25,31)(H,27,32).